The standard InChI is InChI=1S/C15H15F3N4O3.C13H19N2O.C2H6/c1-8-11(12(23)25-2)7-21(14(20)24)13(19)22(8)10-5-3-4-9(6-10)15(16,17)18;1-3-13(12-14)6-4-5-7-15(2)8-10-16-11-9-15;1-2/h3-6,19H,7H2,1-2H3,(H2,20,24);3-6H,1,7-11H2,2H3;1-2H3/q;+1;/b;5-4-,13-6+;. The third kappa shape index (κ3) is 10.4. The van der Waals surface area contributed by atoms with Crippen LogP contribution in [0.25, 0.3) is 0 Å². The second-order valence-corrected chi connectivity index (χ2v) is 9.41. The van der Waals surface area contributed by atoms with Crippen molar-refractivity contribution in [2.45, 2.75) is 26.9 Å². The van der Waals surface area contributed by atoms with Crippen LogP contribution in [0.3, 0.4) is 0 Å². The number of primary amides is 1. The second-order valence-electron chi connectivity index (χ2n) is 9.41. The van der Waals surface area contributed by atoms with Crippen molar-refractivity contribution in [1.29, 1.82) is 10.7 Å². The number of hydrogen-bond acceptors (Lipinski definition) is 6. The molecule has 1 aromatic carbocycles. The second kappa shape index (κ2) is 16.9. The molecule has 0 saturated carbocycles. The van der Waals surface area contributed by atoms with Gasteiger partial charge in [0.05, 0.1) is 63.2 Å². The molecule has 0 spiro atoms. The van der Waals surface area contributed by atoms with E-state index in [0.717, 1.165) is 66.4 Å². The Bertz CT molecular complexity index is 1290. The fourth-order valence-corrected chi connectivity index (χ4v) is 4.02. The highest BCUT2D eigenvalue weighted by Crippen LogP contribution is 2.34. The predicted octanol–water partition coefficient (Wildman–Crippen LogP) is 4.97. The quantitative estimate of drug-likeness (QED) is 0.204. The molecule has 3 rings (SSSR count). The Morgan fingerprint density at radius 3 is 2.42 bits per heavy atom. The summed E-state index contributed by atoms with van der Waals surface area (Å²) >= 11 is 0. The number of quaternary nitrogens is 1. The third-order valence-corrected chi connectivity index (χ3v) is 6.54. The Kier molecular flexibility index (Phi) is 14.4. The average Bonchev–Trinajstić information content (AvgIpc) is 2.98. The minimum Gasteiger partial charge on any atom is -0.466 e. The van der Waals surface area contributed by atoms with Crippen molar-refractivity contribution in [3.63, 3.8) is 0 Å². The molecule has 1 aromatic rings. The van der Waals surface area contributed by atoms with E-state index >= 15 is 0 Å². The van der Waals surface area contributed by atoms with Gasteiger partial charge in [-0.3, -0.25) is 15.2 Å². The molecular formula is C30H40F3N6O4+. The van der Waals surface area contributed by atoms with Gasteiger partial charge >= 0.3 is 18.2 Å². The molecule has 0 bridgehead atoms. The molecule has 13 heteroatoms. The number of allylic oxidation sites excluding steroid dienone is 5. The highest BCUT2D eigenvalue weighted by molar-refractivity contribution is 6.09. The lowest BCUT2D eigenvalue weighted by atomic mass is 10.1. The smallest absolute Gasteiger partial charge is 0.416 e. The minimum absolute atomic E-state index is 0.00899. The van der Waals surface area contributed by atoms with Gasteiger partial charge in [0, 0.05) is 11.4 Å². The van der Waals surface area contributed by atoms with E-state index in [-0.39, 0.29) is 23.5 Å². The van der Waals surface area contributed by atoms with Crippen LogP contribution in [0.1, 0.15) is 26.3 Å². The van der Waals surface area contributed by atoms with E-state index in [2.05, 4.69) is 30.5 Å². The highest BCUT2D eigenvalue weighted by atomic mass is 19.4. The molecule has 234 valence electrons. The molecular weight excluding hydrogens is 565 g/mol. The van der Waals surface area contributed by atoms with Crippen LogP contribution in [0, 0.1) is 16.7 Å². The van der Waals surface area contributed by atoms with E-state index in [1.54, 1.807) is 12.2 Å². The van der Waals surface area contributed by atoms with E-state index in [4.69, 9.17) is 21.1 Å². The molecule has 0 radical (unpaired) electrons. The number of anilines is 1. The maximum atomic E-state index is 13.0. The maximum Gasteiger partial charge on any atom is 0.416 e. The first-order valence-corrected chi connectivity index (χ1v) is 13.5. The lowest BCUT2D eigenvalue weighted by Crippen LogP contribution is -2.54. The summed E-state index contributed by atoms with van der Waals surface area (Å²) in [5.41, 5.74) is 5.03. The molecule has 0 atom stereocenters. The molecule has 0 aliphatic carbocycles. The Morgan fingerprint density at radius 2 is 1.91 bits per heavy atom. The van der Waals surface area contributed by atoms with Crippen molar-refractivity contribution in [2.75, 3.05) is 58.5 Å². The summed E-state index contributed by atoms with van der Waals surface area (Å²) in [5.74, 6) is -1.23. The van der Waals surface area contributed by atoms with E-state index in [1.807, 2.05) is 19.9 Å². The van der Waals surface area contributed by atoms with Gasteiger partial charge in [0.1, 0.15) is 13.1 Å². The molecule has 0 unspecified atom stereocenters. The average molecular weight is 606 g/mol. The first-order chi connectivity index (χ1) is 20.3. The number of alkyl halides is 3. The fraction of sp³-hybridized carbons (Fsp3) is 0.400. The van der Waals surface area contributed by atoms with Crippen LogP contribution < -0.4 is 10.6 Å². The molecule has 3 N–H and O–H groups in total. The van der Waals surface area contributed by atoms with Gasteiger partial charge in [-0.05, 0) is 37.3 Å². The zero-order chi connectivity index (χ0) is 32.8. The number of esters is 1. The zero-order valence-corrected chi connectivity index (χ0v) is 25.2. The van der Waals surface area contributed by atoms with Crippen LogP contribution >= 0.6 is 0 Å². The molecule has 10 nitrogen and oxygen atoms in total. The third-order valence-electron chi connectivity index (χ3n) is 6.54. The lowest BCUT2D eigenvalue weighted by molar-refractivity contribution is -0.911. The number of morpholine rings is 1. The number of nitriles is 1. The van der Waals surface area contributed by atoms with Gasteiger partial charge in [0.15, 0.2) is 0 Å². The number of nitrogens with one attached hydrogen (secondary N) is 1. The number of carbonyl (C=O) groups is 2. The Morgan fingerprint density at radius 1 is 1.28 bits per heavy atom. The van der Waals surface area contributed by atoms with Gasteiger partial charge in [0.2, 0.25) is 5.96 Å². The number of benzene rings is 1. The summed E-state index contributed by atoms with van der Waals surface area (Å²) in [5, 5.41) is 16.8. The summed E-state index contributed by atoms with van der Waals surface area (Å²) in [6.45, 7) is 13.5. The van der Waals surface area contributed by atoms with Crippen LogP contribution in [-0.2, 0) is 20.4 Å². The number of rotatable bonds is 6. The fourth-order valence-electron chi connectivity index (χ4n) is 4.02. The monoisotopic (exact) mass is 605 g/mol. The van der Waals surface area contributed by atoms with Gasteiger partial charge in [-0.15, -0.1) is 0 Å². The van der Waals surface area contributed by atoms with Gasteiger partial charge in [-0.2, -0.15) is 18.4 Å². The van der Waals surface area contributed by atoms with Crippen molar-refractivity contribution in [1.82, 2.24) is 4.90 Å². The number of carbonyl (C=O) groups excluding carboxylic acids is 2. The summed E-state index contributed by atoms with van der Waals surface area (Å²) < 4.78 is 49.8. The van der Waals surface area contributed by atoms with E-state index in [9.17, 15) is 22.8 Å². The summed E-state index contributed by atoms with van der Waals surface area (Å²) in [7, 11) is 3.36. The van der Waals surface area contributed by atoms with Gasteiger partial charge < -0.3 is 19.7 Å². The maximum absolute atomic E-state index is 13.0. The van der Waals surface area contributed by atoms with Crippen LogP contribution in [0.5, 0.6) is 0 Å². The molecule has 1 fully saturated rings. The summed E-state index contributed by atoms with van der Waals surface area (Å²) in [6, 6.07) is 5.24. The number of likely N-dealkylation sites (N-methyl/N-ethyl adjacent to an activating group) is 1. The number of halogens is 3. The number of urea groups is 1. The molecule has 1 saturated heterocycles. The van der Waals surface area contributed by atoms with Crippen LogP contribution in [-0.4, -0.2) is 80.9 Å². The normalized spacial score (nSPS) is 16.8. The molecule has 0 aromatic heterocycles. The minimum atomic E-state index is -4.58. The number of ether oxygens (including phenoxy) is 2. The summed E-state index contributed by atoms with van der Waals surface area (Å²) in [6.07, 6.45) is 2.81. The largest absolute Gasteiger partial charge is 0.466 e. The van der Waals surface area contributed by atoms with Crippen molar-refractivity contribution in [3.8, 4) is 6.07 Å². The zero-order valence-electron chi connectivity index (χ0n) is 25.2. The number of guanidine groups is 1. The first kappa shape index (κ1) is 36.6. The lowest BCUT2D eigenvalue weighted by Gasteiger charge is -2.37. The Balaban J connectivity index is 0.000000443. The van der Waals surface area contributed by atoms with Crippen molar-refractivity contribution in [3.05, 3.63) is 77.6 Å². The number of amides is 2. The number of hydrogen-bond donors (Lipinski definition) is 2. The van der Waals surface area contributed by atoms with Crippen LogP contribution in [0.4, 0.5) is 23.7 Å². The number of nitrogens with zero attached hydrogens (tertiary/aromatic N) is 4. The van der Waals surface area contributed by atoms with Gasteiger partial charge in [0.25, 0.3) is 0 Å². The number of methoxy groups -OCH3 is 1. The van der Waals surface area contributed by atoms with Crippen molar-refractivity contribution >= 4 is 23.6 Å². The van der Waals surface area contributed by atoms with Crippen molar-refractivity contribution in [2.24, 2.45) is 5.73 Å². The first-order valence-electron chi connectivity index (χ1n) is 13.5. The van der Waals surface area contributed by atoms with E-state index < -0.39 is 29.7 Å². The topological polar surface area (TPSA) is 133 Å². The molecule has 2 heterocycles. The van der Waals surface area contributed by atoms with E-state index in [1.165, 1.54) is 19.1 Å². The van der Waals surface area contributed by atoms with E-state index in [0.29, 0.717) is 5.57 Å². The van der Waals surface area contributed by atoms with Gasteiger partial charge in [-0.1, -0.05) is 38.6 Å². The number of nitrogens with two attached hydrogens (primary N) is 1. The Labute approximate surface area is 250 Å². The van der Waals surface area contributed by atoms with Crippen molar-refractivity contribution < 1.29 is 36.7 Å². The SMILES string of the molecule is C=C/C(C#N)=C\C=C/C[N+]1(C)CCOCC1.CC.COC(=O)C1=C(C)N(c2cccc(C(F)(F)F)c2)C(=N)N(C(N)=O)C1. The predicted molar refractivity (Wildman–Crippen MR) is 159 cm³/mol. The summed E-state index contributed by atoms with van der Waals surface area (Å²) in [4.78, 5) is 25.3. The van der Waals surface area contributed by atoms with Crippen LogP contribution in [0.15, 0.2) is 72.0 Å². The van der Waals surface area contributed by atoms with Gasteiger partial charge in [-0.25, -0.2) is 9.59 Å². The molecule has 2 aliphatic rings. The van der Waals surface area contributed by atoms with Crippen LogP contribution in [0.2, 0.25) is 0 Å². The Hall–Kier alpha value is -4.41. The molecule has 2 aliphatic heterocycles. The molecule has 43 heavy (non-hydrogen) atoms. The molecule has 2 amide bonds. The highest BCUT2D eigenvalue weighted by Gasteiger charge is 2.36.